The molecule has 108 valence electrons. The average molecular weight is 305 g/mol. The van der Waals surface area contributed by atoms with E-state index in [-0.39, 0.29) is 16.5 Å². The van der Waals surface area contributed by atoms with Crippen LogP contribution < -0.4 is 11.1 Å². The van der Waals surface area contributed by atoms with Gasteiger partial charge in [-0.15, -0.1) is 0 Å². The first-order chi connectivity index (χ1) is 9.88. The summed E-state index contributed by atoms with van der Waals surface area (Å²) in [6.45, 7) is 1.85. The van der Waals surface area contributed by atoms with Crippen LogP contribution in [0, 0.1) is 6.92 Å². The van der Waals surface area contributed by atoms with Gasteiger partial charge in [-0.3, -0.25) is 4.79 Å². The molecule has 0 atom stereocenters. The second-order valence-corrected chi connectivity index (χ2v) is 4.93. The number of nitrogens with one attached hydrogen (secondary N) is 1. The Kier molecular flexibility index (Phi) is 4.14. The van der Waals surface area contributed by atoms with Crippen molar-refractivity contribution in [2.24, 2.45) is 0 Å². The molecule has 0 saturated heterocycles. The zero-order valence-electron chi connectivity index (χ0n) is 11.2. The Labute approximate surface area is 126 Å². The van der Waals surface area contributed by atoms with E-state index in [1.807, 2.05) is 6.92 Å². The number of carboxylic acid groups (broad SMARTS) is 1. The molecule has 0 aromatic heterocycles. The maximum atomic E-state index is 12.1. The number of nitrogen functional groups attached to an aromatic ring is 1. The molecule has 0 unspecified atom stereocenters. The van der Waals surface area contributed by atoms with Gasteiger partial charge in [0.1, 0.15) is 0 Å². The lowest BCUT2D eigenvalue weighted by Crippen LogP contribution is -2.13. The maximum absolute atomic E-state index is 12.1. The van der Waals surface area contributed by atoms with Crippen LogP contribution in [0.25, 0.3) is 0 Å². The molecule has 0 fully saturated rings. The summed E-state index contributed by atoms with van der Waals surface area (Å²) in [6, 6.07) is 9.07. The number of carbonyl (C=O) groups is 2. The van der Waals surface area contributed by atoms with E-state index in [9.17, 15) is 9.59 Å². The van der Waals surface area contributed by atoms with Crippen molar-refractivity contribution >= 4 is 34.9 Å². The second-order valence-electron chi connectivity index (χ2n) is 4.53. The largest absolute Gasteiger partial charge is 0.478 e. The van der Waals surface area contributed by atoms with Gasteiger partial charge < -0.3 is 16.2 Å². The second kappa shape index (κ2) is 5.85. The van der Waals surface area contributed by atoms with E-state index in [4.69, 9.17) is 22.4 Å². The van der Waals surface area contributed by atoms with Gasteiger partial charge in [0.05, 0.1) is 16.3 Å². The molecule has 4 N–H and O–H groups in total. The molecular weight excluding hydrogens is 292 g/mol. The minimum absolute atomic E-state index is 0.0533. The highest BCUT2D eigenvalue weighted by Gasteiger charge is 2.11. The normalized spacial score (nSPS) is 10.2. The van der Waals surface area contributed by atoms with Crippen molar-refractivity contribution in [1.82, 2.24) is 0 Å². The van der Waals surface area contributed by atoms with Crippen molar-refractivity contribution in [3.8, 4) is 0 Å². The Morgan fingerprint density at radius 3 is 2.38 bits per heavy atom. The van der Waals surface area contributed by atoms with Crippen molar-refractivity contribution < 1.29 is 14.7 Å². The van der Waals surface area contributed by atoms with Crippen molar-refractivity contribution in [2.45, 2.75) is 6.92 Å². The molecule has 5 nitrogen and oxygen atoms in total. The zero-order valence-corrected chi connectivity index (χ0v) is 11.9. The predicted octanol–water partition coefficient (Wildman–Crippen LogP) is 3.18. The monoisotopic (exact) mass is 304 g/mol. The van der Waals surface area contributed by atoms with Gasteiger partial charge in [-0.1, -0.05) is 17.7 Å². The van der Waals surface area contributed by atoms with E-state index in [0.29, 0.717) is 16.9 Å². The Morgan fingerprint density at radius 2 is 1.81 bits per heavy atom. The summed E-state index contributed by atoms with van der Waals surface area (Å²) >= 11 is 5.96. The van der Waals surface area contributed by atoms with Gasteiger partial charge in [0.25, 0.3) is 5.91 Å². The van der Waals surface area contributed by atoms with E-state index < -0.39 is 5.97 Å². The topological polar surface area (TPSA) is 92.4 Å². The van der Waals surface area contributed by atoms with Crippen LogP contribution >= 0.6 is 11.6 Å². The van der Waals surface area contributed by atoms with Crippen molar-refractivity contribution in [3.05, 3.63) is 58.1 Å². The molecule has 2 aromatic carbocycles. The van der Waals surface area contributed by atoms with Gasteiger partial charge in [-0.25, -0.2) is 4.79 Å². The van der Waals surface area contributed by atoms with E-state index in [2.05, 4.69) is 5.32 Å². The minimum Gasteiger partial charge on any atom is -0.478 e. The third-order valence-corrected chi connectivity index (χ3v) is 3.32. The minimum atomic E-state index is -1.08. The van der Waals surface area contributed by atoms with E-state index >= 15 is 0 Å². The fourth-order valence-electron chi connectivity index (χ4n) is 1.73. The van der Waals surface area contributed by atoms with Gasteiger partial charge in [0.15, 0.2) is 0 Å². The molecule has 0 heterocycles. The third kappa shape index (κ3) is 3.32. The highest BCUT2D eigenvalue weighted by Crippen LogP contribution is 2.24. The number of hydrogen-bond acceptors (Lipinski definition) is 3. The molecular formula is C15H13ClN2O3. The van der Waals surface area contributed by atoms with Crippen molar-refractivity contribution in [2.75, 3.05) is 11.1 Å². The number of carboxylic acids is 1. The first-order valence-corrected chi connectivity index (χ1v) is 6.46. The number of amides is 1. The summed E-state index contributed by atoms with van der Waals surface area (Å²) in [6.07, 6.45) is 0. The van der Waals surface area contributed by atoms with Gasteiger partial charge >= 0.3 is 5.97 Å². The first kappa shape index (κ1) is 14.9. The Bertz CT molecular complexity index is 729. The SMILES string of the molecule is Cc1ccc(C(=O)Nc2ccc(C(=O)O)cc2Cl)cc1N. The van der Waals surface area contributed by atoms with E-state index in [1.54, 1.807) is 18.2 Å². The summed E-state index contributed by atoms with van der Waals surface area (Å²) < 4.78 is 0. The van der Waals surface area contributed by atoms with Crippen LogP contribution in [0.5, 0.6) is 0 Å². The van der Waals surface area contributed by atoms with Crippen LogP contribution in [0.2, 0.25) is 5.02 Å². The molecule has 0 aliphatic rings. The number of anilines is 2. The van der Waals surface area contributed by atoms with Crippen LogP contribution in [0.15, 0.2) is 36.4 Å². The molecule has 21 heavy (non-hydrogen) atoms. The van der Waals surface area contributed by atoms with E-state index in [1.165, 1.54) is 18.2 Å². The molecule has 0 aliphatic carbocycles. The lowest BCUT2D eigenvalue weighted by atomic mass is 10.1. The number of aromatic carboxylic acids is 1. The summed E-state index contributed by atoms with van der Waals surface area (Å²) in [4.78, 5) is 22.9. The van der Waals surface area contributed by atoms with Gasteiger partial charge in [-0.05, 0) is 42.8 Å². The first-order valence-electron chi connectivity index (χ1n) is 6.09. The third-order valence-electron chi connectivity index (χ3n) is 3.01. The molecule has 0 spiro atoms. The lowest BCUT2D eigenvalue weighted by Gasteiger charge is -2.09. The number of hydrogen-bond donors (Lipinski definition) is 3. The number of carbonyl (C=O) groups excluding carboxylic acids is 1. The van der Waals surface area contributed by atoms with Crippen molar-refractivity contribution in [1.29, 1.82) is 0 Å². The van der Waals surface area contributed by atoms with Crippen LogP contribution in [0.1, 0.15) is 26.3 Å². The maximum Gasteiger partial charge on any atom is 0.335 e. The molecule has 2 aromatic rings. The molecule has 6 heteroatoms. The Morgan fingerprint density at radius 1 is 1.14 bits per heavy atom. The number of nitrogens with two attached hydrogens (primary N) is 1. The molecule has 0 saturated carbocycles. The highest BCUT2D eigenvalue weighted by atomic mass is 35.5. The number of aryl methyl sites for hydroxylation is 1. The molecule has 0 aliphatic heterocycles. The number of rotatable bonds is 3. The summed E-state index contributed by atoms with van der Waals surface area (Å²) in [5.74, 6) is -1.45. The van der Waals surface area contributed by atoms with Gasteiger partial charge in [-0.2, -0.15) is 0 Å². The zero-order chi connectivity index (χ0) is 15.6. The van der Waals surface area contributed by atoms with Crippen molar-refractivity contribution in [3.63, 3.8) is 0 Å². The lowest BCUT2D eigenvalue weighted by molar-refractivity contribution is 0.0696. The predicted molar refractivity (Wildman–Crippen MR) is 82.0 cm³/mol. The van der Waals surface area contributed by atoms with Gasteiger partial charge in [0.2, 0.25) is 0 Å². The van der Waals surface area contributed by atoms with Crippen LogP contribution in [0.3, 0.4) is 0 Å². The summed E-state index contributed by atoms with van der Waals surface area (Å²) in [5, 5.41) is 11.6. The highest BCUT2D eigenvalue weighted by molar-refractivity contribution is 6.34. The van der Waals surface area contributed by atoms with E-state index in [0.717, 1.165) is 5.56 Å². The summed E-state index contributed by atoms with van der Waals surface area (Å²) in [7, 11) is 0. The van der Waals surface area contributed by atoms with Crippen LogP contribution in [-0.2, 0) is 0 Å². The number of benzene rings is 2. The smallest absolute Gasteiger partial charge is 0.335 e. The molecule has 0 radical (unpaired) electrons. The Hall–Kier alpha value is -2.53. The Balaban J connectivity index is 2.23. The number of halogens is 1. The fraction of sp³-hybridized carbons (Fsp3) is 0.0667. The van der Waals surface area contributed by atoms with Crippen LogP contribution in [0.4, 0.5) is 11.4 Å². The standard InChI is InChI=1S/C15H13ClN2O3/c1-8-2-3-9(7-12(8)17)14(19)18-13-5-4-10(15(20)21)6-11(13)16/h2-7H,17H2,1H3,(H,18,19)(H,20,21). The molecule has 1 amide bonds. The van der Waals surface area contributed by atoms with Gasteiger partial charge in [0, 0.05) is 11.3 Å². The fourth-order valence-corrected chi connectivity index (χ4v) is 1.95. The summed E-state index contributed by atoms with van der Waals surface area (Å²) in [5.41, 5.74) is 7.96. The van der Waals surface area contributed by atoms with Crippen LogP contribution in [-0.4, -0.2) is 17.0 Å². The molecule has 2 rings (SSSR count). The average Bonchev–Trinajstić information content (AvgIpc) is 2.43. The quantitative estimate of drug-likeness (QED) is 0.759. The molecule has 0 bridgehead atoms.